The number of halogens is 3. The largest absolute Gasteiger partial charge is 0.462 e. The number of esters is 1. The molecule has 7 heteroatoms. The summed E-state index contributed by atoms with van der Waals surface area (Å²) in [5.74, 6) is -0.771. The highest BCUT2D eigenvalue weighted by molar-refractivity contribution is 5.71. The summed E-state index contributed by atoms with van der Waals surface area (Å²) in [4.78, 5) is 11.8. The zero-order valence-electron chi connectivity index (χ0n) is 11.6. The molecular weight excluding hydrogens is 285 g/mol. The Bertz CT molecular complexity index is 429. The van der Waals surface area contributed by atoms with Crippen molar-refractivity contribution in [1.29, 1.82) is 10.5 Å². The zero-order valence-corrected chi connectivity index (χ0v) is 11.6. The van der Waals surface area contributed by atoms with E-state index in [1.807, 2.05) is 0 Å². The van der Waals surface area contributed by atoms with Gasteiger partial charge in [0.15, 0.2) is 5.41 Å². The van der Waals surface area contributed by atoms with Crippen LogP contribution < -0.4 is 0 Å². The molecule has 0 radical (unpaired) electrons. The van der Waals surface area contributed by atoms with Gasteiger partial charge in [-0.05, 0) is 32.1 Å². The van der Waals surface area contributed by atoms with Gasteiger partial charge in [0.1, 0.15) is 6.10 Å². The molecule has 4 nitrogen and oxygen atoms in total. The van der Waals surface area contributed by atoms with Crippen LogP contribution in [-0.4, -0.2) is 18.2 Å². The van der Waals surface area contributed by atoms with Gasteiger partial charge in [-0.25, -0.2) is 0 Å². The molecule has 1 aliphatic rings. The zero-order chi connectivity index (χ0) is 15.9. The third kappa shape index (κ3) is 6.03. The number of alkyl halides is 3. The third-order valence-electron chi connectivity index (χ3n) is 3.56. The Kier molecular flexibility index (Phi) is 6.02. The molecular formula is C14H17F3N2O2. The topological polar surface area (TPSA) is 73.9 Å². The van der Waals surface area contributed by atoms with Crippen molar-refractivity contribution >= 4 is 5.97 Å². The predicted molar refractivity (Wildman–Crippen MR) is 66.5 cm³/mol. The molecule has 0 aromatic heterocycles. The molecule has 0 heterocycles. The summed E-state index contributed by atoms with van der Waals surface area (Å²) >= 11 is 0. The van der Waals surface area contributed by atoms with E-state index in [1.165, 1.54) is 0 Å². The first-order valence-corrected chi connectivity index (χ1v) is 6.89. The first-order valence-electron chi connectivity index (χ1n) is 6.89. The summed E-state index contributed by atoms with van der Waals surface area (Å²) in [5.41, 5.74) is -1.97. The van der Waals surface area contributed by atoms with E-state index in [1.54, 1.807) is 12.1 Å². The molecule has 0 amide bonds. The van der Waals surface area contributed by atoms with E-state index in [0.29, 0.717) is 0 Å². The van der Waals surface area contributed by atoms with E-state index in [9.17, 15) is 18.0 Å². The number of nitriles is 2. The molecule has 1 fully saturated rings. The van der Waals surface area contributed by atoms with E-state index in [0.717, 1.165) is 32.1 Å². The molecule has 116 valence electrons. The SMILES string of the molecule is N#CC(C#N)(CCC(F)(F)F)CC(=O)OC1CCCCC1. The van der Waals surface area contributed by atoms with Crippen molar-refractivity contribution in [2.24, 2.45) is 5.41 Å². The highest BCUT2D eigenvalue weighted by atomic mass is 19.4. The average molecular weight is 302 g/mol. The molecule has 1 saturated carbocycles. The maximum Gasteiger partial charge on any atom is 0.389 e. The van der Waals surface area contributed by atoms with Crippen molar-refractivity contribution in [1.82, 2.24) is 0 Å². The van der Waals surface area contributed by atoms with Crippen LogP contribution in [0.5, 0.6) is 0 Å². The Hall–Kier alpha value is -1.76. The van der Waals surface area contributed by atoms with Crippen LogP contribution in [0.2, 0.25) is 0 Å². The second-order valence-corrected chi connectivity index (χ2v) is 5.35. The minimum atomic E-state index is -4.47. The van der Waals surface area contributed by atoms with Gasteiger partial charge >= 0.3 is 12.1 Å². The molecule has 0 aliphatic heterocycles. The number of nitrogens with zero attached hydrogens (tertiary/aromatic N) is 2. The van der Waals surface area contributed by atoms with Crippen molar-refractivity contribution < 1.29 is 22.7 Å². The van der Waals surface area contributed by atoms with E-state index < -0.39 is 36.8 Å². The average Bonchev–Trinajstić information content (AvgIpc) is 2.44. The lowest BCUT2D eigenvalue weighted by atomic mass is 9.83. The first-order chi connectivity index (χ1) is 9.80. The van der Waals surface area contributed by atoms with E-state index in [4.69, 9.17) is 15.3 Å². The van der Waals surface area contributed by atoms with Crippen molar-refractivity contribution in [3.8, 4) is 12.1 Å². The Morgan fingerprint density at radius 3 is 2.14 bits per heavy atom. The van der Waals surface area contributed by atoms with Crippen LogP contribution in [0.15, 0.2) is 0 Å². The van der Waals surface area contributed by atoms with Gasteiger partial charge in [0.25, 0.3) is 0 Å². The number of ether oxygens (including phenoxy) is 1. The molecule has 21 heavy (non-hydrogen) atoms. The molecule has 0 N–H and O–H groups in total. The molecule has 0 atom stereocenters. The van der Waals surface area contributed by atoms with E-state index in [-0.39, 0.29) is 6.10 Å². The summed E-state index contributed by atoms with van der Waals surface area (Å²) in [7, 11) is 0. The van der Waals surface area contributed by atoms with Gasteiger partial charge in [-0.3, -0.25) is 4.79 Å². The summed E-state index contributed by atoms with van der Waals surface area (Å²) < 4.78 is 41.9. The highest BCUT2D eigenvalue weighted by Crippen LogP contribution is 2.33. The minimum absolute atomic E-state index is 0.246. The molecule has 0 aromatic rings. The number of hydrogen-bond acceptors (Lipinski definition) is 4. The second-order valence-electron chi connectivity index (χ2n) is 5.35. The van der Waals surface area contributed by atoms with Crippen LogP contribution >= 0.6 is 0 Å². The third-order valence-corrected chi connectivity index (χ3v) is 3.56. The fraction of sp³-hybridized carbons (Fsp3) is 0.786. The lowest BCUT2D eigenvalue weighted by molar-refractivity contribution is -0.154. The Labute approximate surface area is 121 Å². The first kappa shape index (κ1) is 17.3. The lowest BCUT2D eigenvalue weighted by Crippen LogP contribution is -2.28. The summed E-state index contributed by atoms with van der Waals surface area (Å²) in [6.45, 7) is 0. The van der Waals surface area contributed by atoms with Crippen LogP contribution in [0.4, 0.5) is 13.2 Å². The van der Waals surface area contributed by atoms with Gasteiger partial charge in [-0.1, -0.05) is 6.42 Å². The second kappa shape index (κ2) is 7.31. The van der Waals surface area contributed by atoms with Crippen LogP contribution in [0.1, 0.15) is 51.4 Å². The molecule has 1 aliphatic carbocycles. The predicted octanol–water partition coefficient (Wildman–Crippen LogP) is 3.63. The molecule has 0 spiro atoms. The normalized spacial score (nSPS) is 16.8. The van der Waals surface area contributed by atoms with E-state index in [2.05, 4.69) is 0 Å². The summed E-state index contributed by atoms with van der Waals surface area (Å²) in [6, 6.07) is 3.09. The maximum atomic E-state index is 12.2. The number of rotatable bonds is 5. The van der Waals surface area contributed by atoms with Crippen molar-refractivity contribution in [2.75, 3.05) is 0 Å². The van der Waals surface area contributed by atoms with Gasteiger partial charge < -0.3 is 4.74 Å². The van der Waals surface area contributed by atoms with Crippen LogP contribution in [0, 0.1) is 28.1 Å². The van der Waals surface area contributed by atoms with Gasteiger partial charge in [0.05, 0.1) is 18.6 Å². The lowest BCUT2D eigenvalue weighted by Gasteiger charge is -2.24. The standard InChI is InChI=1S/C14H17F3N2O2/c15-14(16,17)7-6-13(9-18,10-19)8-12(20)21-11-4-2-1-3-5-11/h11H,1-8H2. The Morgan fingerprint density at radius 1 is 1.10 bits per heavy atom. The van der Waals surface area contributed by atoms with E-state index >= 15 is 0 Å². The molecule has 0 saturated heterocycles. The summed E-state index contributed by atoms with van der Waals surface area (Å²) in [6.07, 6.45) is -2.93. The smallest absolute Gasteiger partial charge is 0.389 e. The molecule has 0 unspecified atom stereocenters. The Morgan fingerprint density at radius 2 is 1.67 bits per heavy atom. The van der Waals surface area contributed by atoms with Gasteiger partial charge in [0.2, 0.25) is 0 Å². The quantitative estimate of drug-likeness (QED) is 0.727. The fourth-order valence-electron chi connectivity index (χ4n) is 2.32. The number of carbonyl (C=O) groups is 1. The molecule has 0 aromatic carbocycles. The fourth-order valence-corrected chi connectivity index (χ4v) is 2.32. The van der Waals surface area contributed by atoms with Gasteiger partial charge in [-0.2, -0.15) is 23.7 Å². The Balaban J connectivity index is 2.58. The monoisotopic (exact) mass is 302 g/mol. The van der Waals surface area contributed by atoms with Crippen LogP contribution in [-0.2, 0) is 9.53 Å². The van der Waals surface area contributed by atoms with Crippen molar-refractivity contribution in [3.63, 3.8) is 0 Å². The van der Waals surface area contributed by atoms with Crippen LogP contribution in [0.3, 0.4) is 0 Å². The van der Waals surface area contributed by atoms with Crippen molar-refractivity contribution in [2.45, 2.75) is 63.6 Å². The maximum absolute atomic E-state index is 12.2. The summed E-state index contributed by atoms with van der Waals surface area (Å²) in [5, 5.41) is 18.0. The molecule has 1 rings (SSSR count). The van der Waals surface area contributed by atoms with Gasteiger partial charge in [0, 0.05) is 6.42 Å². The van der Waals surface area contributed by atoms with Crippen molar-refractivity contribution in [3.05, 3.63) is 0 Å². The number of carbonyl (C=O) groups excluding carboxylic acids is 1. The minimum Gasteiger partial charge on any atom is -0.462 e. The number of hydrogen-bond donors (Lipinski definition) is 0. The highest BCUT2D eigenvalue weighted by Gasteiger charge is 2.39. The van der Waals surface area contributed by atoms with Gasteiger partial charge in [-0.15, -0.1) is 0 Å². The van der Waals surface area contributed by atoms with Crippen LogP contribution in [0.25, 0.3) is 0 Å². The molecule has 0 bridgehead atoms.